The minimum Gasteiger partial charge on any atom is -0.378 e. The average molecular weight is 294 g/mol. The zero-order chi connectivity index (χ0) is 15.4. The van der Waals surface area contributed by atoms with Crippen LogP contribution in [0.1, 0.15) is 19.8 Å². The van der Waals surface area contributed by atoms with Gasteiger partial charge < -0.3 is 5.32 Å². The van der Waals surface area contributed by atoms with Crippen molar-refractivity contribution in [1.29, 1.82) is 0 Å². The quantitative estimate of drug-likeness (QED) is 0.638. The molecule has 0 radical (unpaired) electrons. The highest BCUT2D eigenvalue weighted by molar-refractivity contribution is 5.65. The Balaban J connectivity index is 2.12. The molecular weight excluding hydrogens is 276 g/mol. The number of nitrogens with zero attached hydrogens (tertiary/aromatic N) is 3. The van der Waals surface area contributed by atoms with E-state index in [1.54, 1.807) is 0 Å². The van der Waals surface area contributed by atoms with E-state index in [2.05, 4.69) is 17.1 Å². The van der Waals surface area contributed by atoms with Gasteiger partial charge in [0.2, 0.25) is 0 Å². The molecule has 1 aliphatic rings. The van der Waals surface area contributed by atoms with Gasteiger partial charge in [-0.2, -0.15) is 0 Å². The van der Waals surface area contributed by atoms with Gasteiger partial charge in [0.25, 0.3) is 11.4 Å². The van der Waals surface area contributed by atoms with Crippen LogP contribution in [0.3, 0.4) is 0 Å². The predicted molar refractivity (Wildman–Crippen MR) is 78.5 cm³/mol. The minimum atomic E-state index is -0.632. The van der Waals surface area contributed by atoms with Crippen molar-refractivity contribution in [3.63, 3.8) is 0 Å². The molecule has 1 N–H and O–H groups in total. The SMILES string of the molecule is CCN1CCCC1CNc1ccc([N+](=O)[O-])cc1[N+](=O)[O-]. The van der Waals surface area contributed by atoms with Gasteiger partial charge >= 0.3 is 0 Å². The third-order valence-corrected chi connectivity index (χ3v) is 3.82. The fraction of sp³-hybridized carbons (Fsp3) is 0.538. The lowest BCUT2D eigenvalue weighted by atomic mass is 10.2. The second-order valence-electron chi connectivity index (χ2n) is 5.02. The number of non-ortho nitro benzene ring substituents is 1. The number of nitrogens with one attached hydrogen (secondary N) is 1. The lowest BCUT2D eigenvalue weighted by Crippen LogP contribution is -2.34. The Kier molecular flexibility index (Phi) is 4.69. The normalized spacial score (nSPS) is 18.6. The molecule has 0 aliphatic carbocycles. The summed E-state index contributed by atoms with van der Waals surface area (Å²) in [6.07, 6.45) is 2.18. The van der Waals surface area contributed by atoms with E-state index in [9.17, 15) is 20.2 Å². The van der Waals surface area contributed by atoms with Crippen molar-refractivity contribution < 1.29 is 9.85 Å². The van der Waals surface area contributed by atoms with Crippen molar-refractivity contribution in [3.05, 3.63) is 38.4 Å². The number of benzene rings is 1. The summed E-state index contributed by atoms with van der Waals surface area (Å²) in [5.41, 5.74) is -0.206. The number of hydrogen-bond acceptors (Lipinski definition) is 6. The van der Waals surface area contributed by atoms with Crippen LogP contribution in [0.4, 0.5) is 17.1 Å². The summed E-state index contributed by atoms with van der Waals surface area (Å²) in [7, 11) is 0. The zero-order valence-corrected chi connectivity index (χ0v) is 11.8. The van der Waals surface area contributed by atoms with Gasteiger partial charge in [-0.05, 0) is 32.0 Å². The summed E-state index contributed by atoms with van der Waals surface area (Å²) < 4.78 is 0. The van der Waals surface area contributed by atoms with Crippen LogP contribution in [-0.4, -0.2) is 40.4 Å². The molecule has 0 amide bonds. The summed E-state index contributed by atoms with van der Waals surface area (Å²) in [6, 6.07) is 4.03. The highest BCUT2D eigenvalue weighted by Gasteiger charge is 2.24. The van der Waals surface area contributed by atoms with Crippen LogP contribution < -0.4 is 5.32 Å². The third-order valence-electron chi connectivity index (χ3n) is 3.82. The number of hydrogen-bond donors (Lipinski definition) is 1. The first kappa shape index (κ1) is 15.2. The standard InChI is InChI=1S/C13H18N4O4/c1-2-15-7-3-4-11(15)9-14-12-6-5-10(16(18)19)8-13(12)17(20)21/h5-6,8,11,14H,2-4,7,9H2,1H3. The number of anilines is 1. The van der Waals surface area contributed by atoms with Crippen LogP contribution in [0.15, 0.2) is 18.2 Å². The maximum absolute atomic E-state index is 11.0. The van der Waals surface area contributed by atoms with E-state index in [0.29, 0.717) is 18.3 Å². The van der Waals surface area contributed by atoms with Crippen molar-refractivity contribution >= 4 is 17.1 Å². The molecule has 0 bridgehead atoms. The number of likely N-dealkylation sites (N-methyl/N-ethyl adjacent to an activating group) is 1. The molecule has 0 aromatic heterocycles. The average Bonchev–Trinajstić information content (AvgIpc) is 2.92. The summed E-state index contributed by atoms with van der Waals surface area (Å²) in [6.45, 7) is 4.69. The molecule has 1 heterocycles. The molecule has 8 heteroatoms. The van der Waals surface area contributed by atoms with Crippen LogP contribution in [0, 0.1) is 20.2 Å². The van der Waals surface area contributed by atoms with Crippen LogP contribution in [0.25, 0.3) is 0 Å². The van der Waals surface area contributed by atoms with Crippen LogP contribution >= 0.6 is 0 Å². The molecule has 0 spiro atoms. The topological polar surface area (TPSA) is 102 Å². The summed E-state index contributed by atoms with van der Waals surface area (Å²) >= 11 is 0. The molecular formula is C13H18N4O4. The molecule has 0 saturated carbocycles. The second kappa shape index (κ2) is 6.49. The molecule has 21 heavy (non-hydrogen) atoms. The Hall–Kier alpha value is -2.22. The van der Waals surface area contributed by atoms with Gasteiger partial charge in [0.15, 0.2) is 0 Å². The van der Waals surface area contributed by atoms with E-state index in [-0.39, 0.29) is 11.4 Å². The van der Waals surface area contributed by atoms with Gasteiger partial charge in [0.1, 0.15) is 5.69 Å². The lowest BCUT2D eigenvalue weighted by molar-refractivity contribution is -0.393. The monoisotopic (exact) mass is 294 g/mol. The highest BCUT2D eigenvalue weighted by atomic mass is 16.6. The number of nitro groups is 2. The van der Waals surface area contributed by atoms with Crippen molar-refractivity contribution in [1.82, 2.24) is 4.90 Å². The van der Waals surface area contributed by atoms with Crippen molar-refractivity contribution in [2.45, 2.75) is 25.8 Å². The van der Waals surface area contributed by atoms with Crippen LogP contribution in [-0.2, 0) is 0 Å². The molecule has 1 aromatic rings. The first-order valence-electron chi connectivity index (χ1n) is 6.93. The molecule has 114 valence electrons. The molecule has 8 nitrogen and oxygen atoms in total. The Morgan fingerprint density at radius 3 is 2.71 bits per heavy atom. The van der Waals surface area contributed by atoms with Gasteiger partial charge in [0.05, 0.1) is 15.9 Å². The Bertz CT molecular complexity index is 549. The van der Waals surface area contributed by atoms with Crippen LogP contribution in [0.5, 0.6) is 0 Å². The molecule has 1 fully saturated rings. The Labute approximate surface area is 122 Å². The smallest absolute Gasteiger partial charge is 0.299 e. The lowest BCUT2D eigenvalue weighted by Gasteiger charge is -2.23. The third kappa shape index (κ3) is 3.46. The van der Waals surface area contributed by atoms with Crippen LogP contribution in [0.2, 0.25) is 0 Å². The van der Waals surface area contributed by atoms with E-state index >= 15 is 0 Å². The number of rotatable bonds is 6. The minimum absolute atomic E-state index is 0.259. The summed E-state index contributed by atoms with van der Waals surface area (Å²) in [4.78, 5) is 22.8. The molecule has 2 rings (SSSR count). The maximum atomic E-state index is 11.0. The van der Waals surface area contributed by atoms with Gasteiger partial charge in [-0.15, -0.1) is 0 Å². The second-order valence-corrected chi connectivity index (χ2v) is 5.02. The molecule has 1 saturated heterocycles. The van der Waals surface area contributed by atoms with Gasteiger partial charge in [-0.25, -0.2) is 0 Å². The predicted octanol–water partition coefficient (Wildman–Crippen LogP) is 2.40. The summed E-state index contributed by atoms with van der Waals surface area (Å²) in [5, 5.41) is 24.8. The van der Waals surface area contributed by atoms with Gasteiger partial charge in [0, 0.05) is 18.7 Å². The maximum Gasteiger partial charge on any atom is 0.299 e. The number of likely N-dealkylation sites (tertiary alicyclic amines) is 1. The van der Waals surface area contributed by atoms with E-state index in [1.807, 2.05) is 0 Å². The summed E-state index contributed by atoms with van der Waals surface area (Å²) in [5.74, 6) is 0. The zero-order valence-electron chi connectivity index (χ0n) is 11.8. The van der Waals surface area contributed by atoms with Crippen molar-refractivity contribution in [3.8, 4) is 0 Å². The molecule has 1 atom stereocenters. The Morgan fingerprint density at radius 1 is 1.33 bits per heavy atom. The fourth-order valence-electron chi connectivity index (χ4n) is 2.70. The number of nitro benzene ring substituents is 2. The first-order valence-corrected chi connectivity index (χ1v) is 6.93. The molecule has 1 aliphatic heterocycles. The fourth-order valence-corrected chi connectivity index (χ4v) is 2.70. The van der Waals surface area contributed by atoms with E-state index < -0.39 is 9.85 Å². The highest BCUT2D eigenvalue weighted by Crippen LogP contribution is 2.29. The van der Waals surface area contributed by atoms with Crippen molar-refractivity contribution in [2.24, 2.45) is 0 Å². The van der Waals surface area contributed by atoms with Gasteiger partial charge in [-0.1, -0.05) is 6.92 Å². The largest absolute Gasteiger partial charge is 0.378 e. The molecule has 1 aromatic carbocycles. The van der Waals surface area contributed by atoms with E-state index in [4.69, 9.17) is 0 Å². The van der Waals surface area contributed by atoms with Crippen molar-refractivity contribution in [2.75, 3.05) is 25.0 Å². The van der Waals surface area contributed by atoms with Gasteiger partial charge in [-0.3, -0.25) is 25.1 Å². The van der Waals surface area contributed by atoms with E-state index in [1.165, 1.54) is 12.1 Å². The Morgan fingerprint density at radius 2 is 2.10 bits per heavy atom. The first-order chi connectivity index (χ1) is 10.0. The van der Waals surface area contributed by atoms with E-state index in [0.717, 1.165) is 32.0 Å². The molecule has 1 unspecified atom stereocenters.